The number of nitriles is 1. The van der Waals surface area contributed by atoms with Crippen LogP contribution in [0.15, 0.2) is 0 Å². The number of carbonyl (C=O) groups is 1. The minimum absolute atomic E-state index is 0.0748. The van der Waals surface area contributed by atoms with E-state index in [9.17, 15) is 4.79 Å². The van der Waals surface area contributed by atoms with Gasteiger partial charge in [0.05, 0.1) is 6.07 Å². The van der Waals surface area contributed by atoms with Crippen LogP contribution in [0.3, 0.4) is 0 Å². The first-order valence-electron chi connectivity index (χ1n) is 4.25. The SMILES string of the molecule is CCN(CC#N)C(=O)OC(C)(C)C. The summed E-state index contributed by atoms with van der Waals surface area (Å²) < 4.78 is 5.08. The standard InChI is InChI=1S/C9H16N2O2/c1-5-11(7-6-10)8(12)13-9(2,3)4/h5,7H2,1-4H3. The maximum atomic E-state index is 11.3. The molecule has 0 radical (unpaired) electrons. The second-order valence-corrected chi connectivity index (χ2v) is 3.65. The molecule has 0 aromatic rings. The molecule has 0 aromatic carbocycles. The van der Waals surface area contributed by atoms with Crippen LogP contribution < -0.4 is 0 Å². The molecular weight excluding hydrogens is 168 g/mol. The lowest BCUT2D eigenvalue weighted by Gasteiger charge is -2.24. The Balaban J connectivity index is 4.16. The zero-order valence-electron chi connectivity index (χ0n) is 8.63. The van der Waals surface area contributed by atoms with Gasteiger partial charge in [0.15, 0.2) is 0 Å². The summed E-state index contributed by atoms with van der Waals surface area (Å²) in [4.78, 5) is 12.7. The second-order valence-electron chi connectivity index (χ2n) is 3.65. The van der Waals surface area contributed by atoms with Crippen LogP contribution in [0.25, 0.3) is 0 Å². The minimum atomic E-state index is -0.500. The van der Waals surface area contributed by atoms with Crippen molar-refractivity contribution in [1.82, 2.24) is 4.90 Å². The summed E-state index contributed by atoms with van der Waals surface area (Å²) in [6.45, 7) is 7.76. The fraction of sp³-hybridized carbons (Fsp3) is 0.778. The molecule has 0 N–H and O–H groups in total. The molecule has 0 unspecified atom stereocenters. The predicted molar refractivity (Wildman–Crippen MR) is 49.1 cm³/mol. The quantitative estimate of drug-likeness (QED) is 0.614. The highest BCUT2D eigenvalue weighted by molar-refractivity contribution is 5.68. The van der Waals surface area contributed by atoms with Crippen LogP contribution in [-0.2, 0) is 4.74 Å². The van der Waals surface area contributed by atoms with Crippen molar-refractivity contribution < 1.29 is 9.53 Å². The van der Waals surface area contributed by atoms with Crippen molar-refractivity contribution in [2.24, 2.45) is 0 Å². The topological polar surface area (TPSA) is 53.3 Å². The van der Waals surface area contributed by atoms with E-state index in [-0.39, 0.29) is 6.54 Å². The largest absolute Gasteiger partial charge is 0.444 e. The molecule has 0 aliphatic heterocycles. The molecule has 0 aromatic heterocycles. The van der Waals surface area contributed by atoms with Crippen LogP contribution >= 0.6 is 0 Å². The van der Waals surface area contributed by atoms with Gasteiger partial charge in [-0.05, 0) is 27.7 Å². The molecule has 0 saturated heterocycles. The molecule has 13 heavy (non-hydrogen) atoms. The highest BCUT2D eigenvalue weighted by atomic mass is 16.6. The third-order valence-electron chi connectivity index (χ3n) is 1.29. The first-order chi connectivity index (χ1) is 5.90. The van der Waals surface area contributed by atoms with Gasteiger partial charge < -0.3 is 4.74 Å². The second kappa shape index (κ2) is 4.70. The summed E-state index contributed by atoms with van der Waals surface area (Å²) in [6.07, 6.45) is -0.434. The van der Waals surface area contributed by atoms with Gasteiger partial charge in [-0.2, -0.15) is 5.26 Å². The molecule has 0 rings (SSSR count). The van der Waals surface area contributed by atoms with E-state index in [2.05, 4.69) is 0 Å². The van der Waals surface area contributed by atoms with Gasteiger partial charge >= 0.3 is 6.09 Å². The van der Waals surface area contributed by atoms with Crippen molar-refractivity contribution in [1.29, 1.82) is 5.26 Å². The summed E-state index contributed by atoms with van der Waals surface area (Å²) in [5.74, 6) is 0. The third kappa shape index (κ3) is 5.07. The van der Waals surface area contributed by atoms with Crippen molar-refractivity contribution in [3.63, 3.8) is 0 Å². The number of nitrogens with zero attached hydrogens (tertiary/aromatic N) is 2. The molecular formula is C9H16N2O2. The maximum absolute atomic E-state index is 11.3. The molecule has 0 fully saturated rings. The molecule has 0 heterocycles. The van der Waals surface area contributed by atoms with Crippen LogP contribution in [0.5, 0.6) is 0 Å². The zero-order chi connectivity index (χ0) is 10.5. The molecule has 4 heteroatoms. The summed E-state index contributed by atoms with van der Waals surface area (Å²) in [6, 6.07) is 1.91. The number of carbonyl (C=O) groups excluding carboxylic acids is 1. The summed E-state index contributed by atoms with van der Waals surface area (Å²) in [5.41, 5.74) is -0.500. The van der Waals surface area contributed by atoms with E-state index >= 15 is 0 Å². The number of hydrogen-bond acceptors (Lipinski definition) is 3. The van der Waals surface area contributed by atoms with Gasteiger partial charge in [-0.15, -0.1) is 0 Å². The number of rotatable bonds is 2. The van der Waals surface area contributed by atoms with Gasteiger partial charge in [0.25, 0.3) is 0 Å². The third-order valence-corrected chi connectivity index (χ3v) is 1.29. The Hall–Kier alpha value is -1.24. The van der Waals surface area contributed by atoms with E-state index in [0.717, 1.165) is 0 Å². The van der Waals surface area contributed by atoms with Crippen LogP contribution in [0.1, 0.15) is 27.7 Å². The first-order valence-corrected chi connectivity index (χ1v) is 4.25. The summed E-state index contributed by atoms with van der Waals surface area (Å²) >= 11 is 0. The Morgan fingerprint density at radius 3 is 2.38 bits per heavy atom. The van der Waals surface area contributed by atoms with Crippen LogP contribution in [0, 0.1) is 11.3 Å². The molecule has 0 spiro atoms. The van der Waals surface area contributed by atoms with Crippen molar-refractivity contribution >= 4 is 6.09 Å². The van der Waals surface area contributed by atoms with Crippen LogP contribution in [0.4, 0.5) is 4.79 Å². The predicted octanol–water partition coefficient (Wildman–Crippen LogP) is 1.77. The van der Waals surface area contributed by atoms with Gasteiger partial charge in [0.2, 0.25) is 0 Å². The van der Waals surface area contributed by atoms with E-state index in [1.165, 1.54) is 4.90 Å². The maximum Gasteiger partial charge on any atom is 0.411 e. The highest BCUT2D eigenvalue weighted by Gasteiger charge is 2.20. The molecule has 0 atom stereocenters. The average Bonchev–Trinajstić information content (AvgIpc) is 1.96. The highest BCUT2D eigenvalue weighted by Crippen LogP contribution is 2.09. The lowest BCUT2D eigenvalue weighted by atomic mass is 10.2. The van der Waals surface area contributed by atoms with Gasteiger partial charge in [-0.25, -0.2) is 4.79 Å². The van der Waals surface area contributed by atoms with Crippen molar-refractivity contribution in [3.8, 4) is 6.07 Å². The Morgan fingerprint density at radius 2 is 2.08 bits per heavy atom. The lowest BCUT2D eigenvalue weighted by molar-refractivity contribution is 0.0284. The van der Waals surface area contributed by atoms with Gasteiger partial charge in [-0.1, -0.05) is 0 Å². The van der Waals surface area contributed by atoms with E-state index in [1.54, 1.807) is 27.7 Å². The van der Waals surface area contributed by atoms with Crippen molar-refractivity contribution in [2.75, 3.05) is 13.1 Å². The molecule has 0 aliphatic carbocycles. The van der Waals surface area contributed by atoms with E-state index < -0.39 is 11.7 Å². The van der Waals surface area contributed by atoms with Crippen LogP contribution in [-0.4, -0.2) is 29.7 Å². The van der Waals surface area contributed by atoms with Crippen molar-refractivity contribution in [2.45, 2.75) is 33.3 Å². The Bertz CT molecular complexity index is 213. The van der Waals surface area contributed by atoms with E-state index in [0.29, 0.717) is 6.54 Å². The first kappa shape index (κ1) is 11.8. The molecule has 1 amide bonds. The number of hydrogen-bond donors (Lipinski definition) is 0. The summed E-state index contributed by atoms with van der Waals surface area (Å²) in [7, 11) is 0. The molecule has 0 bridgehead atoms. The molecule has 0 saturated carbocycles. The van der Waals surface area contributed by atoms with E-state index in [4.69, 9.17) is 10.00 Å². The molecule has 4 nitrogen and oxygen atoms in total. The lowest BCUT2D eigenvalue weighted by Crippen LogP contribution is -2.36. The monoisotopic (exact) mass is 184 g/mol. The van der Waals surface area contributed by atoms with Crippen molar-refractivity contribution in [3.05, 3.63) is 0 Å². The average molecular weight is 184 g/mol. The molecule has 0 aliphatic rings. The number of amides is 1. The van der Waals surface area contributed by atoms with Gasteiger partial charge in [0.1, 0.15) is 12.1 Å². The smallest absolute Gasteiger partial charge is 0.411 e. The Labute approximate surface area is 79.1 Å². The van der Waals surface area contributed by atoms with E-state index in [1.807, 2.05) is 6.07 Å². The van der Waals surface area contributed by atoms with Gasteiger partial charge in [0, 0.05) is 6.54 Å². The summed E-state index contributed by atoms with van der Waals surface area (Å²) in [5, 5.41) is 8.42. The zero-order valence-corrected chi connectivity index (χ0v) is 8.63. The minimum Gasteiger partial charge on any atom is -0.444 e. The Morgan fingerprint density at radius 1 is 1.54 bits per heavy atom. The Kier molecular flexibility index (Phi) is 4.26. The fourth-order valence-corrected chi connectivity index (χ4v) is 0.717. The van der Waals surface area contributed by atoms with Crippen LogP contribution in [0.2, 0.25) is 0 Å². The van der Waals surface area contributed by atoms with Gasteiger partial charge in [-0.3, -0.25) is 4.90 Å². The fourth-order valence-electron chi connectivity index (χ4n) is 0.717. The normalized spacial score (nSPS) is 10.4. The molecule has 74 valence electrons. The number of ether oxygens (including phenoxy) is 1.